The number of aromatic nitrogens is 3. The van der Waals surface area contributed by atoms with Crippen molar-refractivity contribution >= 4 is 29.9 Å². The first-order valence-corrected chi connectivity index (χ1v) is 8.38. The summed E-state index contributed by atoms with van der Waals surface area (Å²) in [5.74, 6) is 1.27. The monoisotopic (exact) mass is 480 g/mol. The van der Waals surface area contributed by atoms with Crippen molar-refractivity contribution in [2.75, 3.05) is 13.6 Å². The summed E-state index contributed by atoms with van der Waals surface area (Å²) in [6.07, 6.45) is 6.13. The first-order chi connectivity index (χ1) is 12.7. The van der Waals surface area contributed by atoms with Crippen LogP contribution in [0.2, 0.25) is 0 Å². The molecule has 0 radical (unpaired) electrons. The van der Waals surface area contributed by atoms with Gasteiger partial charge >= 0.3 is 0 Å². The van der Waals surface area contributed by atoms with E-state index in [0.29, 0.717) is 19.0 Å². The lowest BCUT2D eigenvalue weighted by Crippen LogP contribution is -2.37. The molecule has 3 rings (SSSR count). The number of pyridine rings is 1. The molecule has 0 fully saturated rings. The number of guanidine groups is 1. The highest BCUT2D eigenvalue weighted by molar-refractivity contribution is 14.0. The van der Waals surface area contributed by atoms with E-state index in [4.69, 9.17) is 0 Å². The molecule has 0 bridgehead atoms. The maximum absolute atomic E-state index is 12.9. The highest BCUT2D eigenvalue weighted by Crippen LogP contribution is 2.06. The van der Waals surface area contributed by atoms with Gasteiger partial charge in [-0.3, -0.25) is 4.99 Å². The van der Waals surface area contributed by atoms with E-state index in [1.54, 1.807) is 36.3 Å². The Labute approximate surface area is 175 Å². The third kappa shape index (κ3) is 6.31. The van der Waals surface area contributed by atoms with Crippen LogP contribution in [-0.4, -0.2) is 34.3 Å². The molecule has 0 spiro atoms. The molecule has 0 aliphatic carbocycles. The maximum Gasteiger partial charge on any atom is 0.191 e. The first kappa shape index (κ1) is 20.8. The lowest BCUT2D eigenvalue weighted by Gasteiger charge is -2.12. The Morgan fingerprint density at radius 2 is 1.93 bits per heavy atom. The summed E-state index contributed by atoms with van der Waals surface area (Å²) in [6, 6.07) is 12.3. The second-order valence-electron chi connectivity index (χ2n) is 5.70. The fourth-order valence-corrected chi connectivity index (χ4v) is 2.48. The van der Waals surface area contributed by atoms with Gasteiger partial charge in [0.05, 0.1) is 0 Å². The summed E-state index contributed by atoms with van der Waals surface area (Å²) in [4.78, 5) is 8.54. The van der Waals surface area contributed by atoms with Crippen LogP contribution in [0.15, 0.2) is 66.0 Å². The van der Waals surface area contributed by atoms with Crippen molar-refractivity contribution in [3.8, 4) is 5.82 Å². The Hall–Kier alpha value is -2.49. The topological polar surface area (TPSA) is 67.1 Å². The van der Waals surface area contributed by atoms with Gasteiger partial charge in [0.25, 0.3) is 0 Å². The number of hydrogen-bond acceptors (Lipinski definition) is 3. The van der Waals surface area contributed by atoms with Crippen LogP contribution < -0.4 is 10.6 Å². The molecule has 3 aromatic rings. The second kappa shape index (κ2) is 10.6. The predicted octanol–water partition coefficient (Wildman–Crippen LogP) is 2.93. The fraction of sp³-hybridized carbons (Fsp3) is 0.211. The molecule has 0 aliphatic rings. The number of benzene rings is 1. The predicted molar refractivity (Wildman–Crippen MR) is 115 cm³/mol. The molecule has 0 atom stereocenters. The third-order valence-electron chi connectivity index (χ3n) is 3.85. The number of aliphatic imine (C=N–C) groups is 1. The van der Waals surface area contributed by atoms with Crippen molar-refractivity contribution in [3.63, 3.8) is 0 Å². The average Bonchev–Trinajstić information content (AvgIpc) is 3.21. The van der Waals surface area contributed by atoms with Crippen molar-refractivity contribution in [1.29, 1.82) is 0 Å². The molecular formula is C19H22FIN6. The molecule has 142 valence electrons. The van der Waals surface area contributed by atoms with Crippen molar-refractivity contribution in [2.45, 2.75) is 13.0 Å². The van der Waals surface area contributed by atoms with Crippen molar-refractivity contribution in [1.82, 2.24) is 25.4 Å². The standard InChI is InChI=1S/C19H21FN6.HI/c1-21-19(23-11-7-15-3-5-17(20)6-4-15)24-14-16-8-10-22-18(13-16)26-12-2-9-25-26;/h2-6,8-10,12-13H,7,11,14H2,1H3,(H2,21,23,24);1H. The molecule has 2 heterocycles. The zero-order valence-electron chi connectivity index (χ0n) is 15.0. The fourth-order valence-electron chi connectivity index (χ4n) is 2.48. The number of halogens is 2. The molecule has 6 nitrogen and oxygen atoms in total. The van der Waals surface area contributed by atoms with Gasteiger partial charge in [0.2, 0.25) is 0 Å². The van der Waals surface area contributed by atoms with E-state index in [0.717, 1.165) is 23.4 Å². The average molecular weight is 480 g/mol. The summed E-state index contributed by atoms with van der Waals surface area (Å²) >= 11 is 0. The summed E-state index contributed by atoms with van der Waals surface area (Å²) in [5.41, 5.74) is 2.15. The van der Waals surface area contributed by atoms with Gasteiger partial charge < -0.3 is 10.6 Å². The largest absolute Gasteiger partial charge is 0.356 e. The van der Waals surface area contributed by atoms with E-state index < -0.39 is 0 Å². The van der Waals surface area contributed by atoms with Gasteiger partial charge in [-0.2, -0.15) is 5.10 Å². The molecule has 27 heavy (non-hydrogen) atoms. The first-order valence-electron chi connectivity index (χ1n) is 8.38. The number of hydrogen-bond donors (Lipinski definition) is 2. The van der Waals surface area contributed by atoms with Crippen LogP contribution in [0.5, 0.6) is 0 Å². The van der Waals surface area contributed by atoms with Crippen LogP contribution in [0.4, 0.5) is 4.39 Å². The van der Waals surface area contributed by atoms with Gasteiger partial charge in [0.15, 0.2) is 11.8 Å². The quantitative estimate of drug-likeness (QED) is 0.324. The van der Waals surface area contributed by atoms with Crippen LogP contribution in [0.3, 0.4) is 0 Å². The van der Waals surface area contributed by atoms with E-state index in [-0.39, 0.29) is 29.8 Å². The van der Waals surface area contributed by atoms with E-state index >= 15 is 0 Å². The lowest BCUT2D eigenvalue weighted by molar-refractivity contribution is 0.626. The molecule has 2 aromatic heterocycles. The number of nitrogens with one attached hydrogen (secondary N) is 2. The van der Waals surface area contributed by atoms with Gasteiger partial charge in [-0.1, -0.05) is 12.1 Å². The molecule has 0 saturated heterocycles. The van der Waals surface area contributed by atoms with Gasteiger partial charge in [-0.05, 0) is 47.9 Å². The molecule has 1 aromatic carbocycles. The van der Waals surface area contributed by atoms with Gasteiger partial charge in [0.1, 0.15) is 5.82 Å². The summed E-state index contributed by atoms with van der Waals surface area (Å²) in [5, 5.41) is 10.7. The van der Waals surface area contributed by atoms with Gasteiger partial charge in [-0.25, -0.2) is 14.1 Å². The molecule has 8 heteroatoms. The van der Waals surface area contributed by atoms with Crippen LogP contribution in [0, 0.1) is 5.82 Å². The molecule has 0 saturated carbocycles. The Morgan fingerprint density at radius 3 is 2.63 bits per heavy atom. The zero-order valence-corrected chi connectivity index (χ0v) is 17.3. The second-order valence-corrected chi connectivity index (χ2v) is 5.70. The van der Waals surface area contributed by atoms with Crippen molar-refractivity contribution in [3.05, 3.63) is 78.0 Å². The smallest absolute Gasteiger partial charge is 0.191 e. The highest BCUT2D eigenvalue weighted by Gasteiger charge is 2.02. The SMILES string of the molecule is CN=C(NCCc1ccc(F)cc1)NCc1ccnc(-n2cccn2)c1.I. The van der Waals surface area contributed by atoms with Crippen LogP contribution in [0.1, 0.15) is 11.1 Å². The number of rotatable bonds is 6. The zero-order chi connectivity index (χ0) is 18.2. The van der Waals surface area contributed by atoms with E-state index in [1.165, 1.54) is 12.1 Å². The minimum absolute atomic E-state index is 0. The van der Waals surface area contributed by atoms with E-state index in [1.807, 2.05) is 24.4 Å². The molecule has 0 unspecified atom stereocenters. The number of nitrogens with zero attached hydrogens (tertiary/aromatic N) is 4. The normalized spacial score (nSPS) is 11.0. The minimum atomic E-state index is -0.217. The van der Waals surface area contributed by atoms with Crippen LogP contribution in [0.25, 0.3) is 5.82 Å². The van der Waals surface area contributed by atoms with Crippen LogP contribution in [-0.2, 0) is 13.0 Å². The highest BCUT2D eigenvalue weighted by atomic mass is 127. The Bertz CT molecular complexity index is 849. The molecule has 2 N–H and O–H groups in total. The lowest BCUT2D eigenvalue weighted by atomic mass is 10.1. The van der Waals surface area contributed by atoms with Crippen molar-refractivity contribution in [2.24, 2.45) is 4.99 Å². The maximum atomic E-state index is 12.9. The Balaban J connectivity index is 0.00000261. The Morgan fingerprint density at radius 1 is 1.11 bits per heavy atom. The minimum Gasteiger partial charge on any atom is -0.356 e. The van der Waals surface area contributed by atoms with Gasteiger partial charge in [0, 0.05) is 38.7 Å². The summed E-state index contributed by atoms with van der Waals surface area (Å²) in [6.45, 7) is 1.33. The third-order valence-corrected chi connectivity index (χ3v) is 3.85. The van der Waals surface area contributed by atoms with Crippen LogP contribution >= 0.6 is 24.0 Å². The van der Waals surface area contributed by atoms with E-state index in [9.17, 15) is 4.39 Å². The Kier molecular flexibility index (Phi) is 8.18. The summed E-state index contributed by atoms with van der Waals surface area (Å²) in [7, 11) is 1.73. The van der Waals surface area contributed by atoms with E-state index in [2.05, 4.69) is 25.7 Å². The molecule has 0 aliphatic heterocycles. The van der Waals surface area contributed by atoms with Crippen molar-refractivity contribution < 1.29 is 4.39 Å². The molecule has 0 amide bonds. The molecular weight excluding hydrogens is 458 g/mol. The van der Waals surface area contributed by atoms with Gasteiger partial charge in [-0.15, -0.1) is 24.0 Å². The summed E-state index contributed by atoms with van der Waals surface area (Å²) < 4.78 is 14.6.